The summed E-state index contributed by atoms with van der Waals surface area (Å²) in [6.45, 7) is 0. The summed E-state index contributed by atoms with van der Waals surface area (Å²) in [6, 6.07) is 9.09. The summed E-state index contributed by atoms with van der Waals surface area (Å²) in [5.74, 6) is 0. The molecule has 1 aromatic heterocycles. The van der Waals surface area contributed by atoms with Crippen LogP contribution in [0, 0.1) is 10.1 Å². The Balaban J connectivity index is 2.53. The molecular weight excluding hydrogens is 208 g/mol. The zero-order chi connectivity index (χ0) is 11.5. The minimum absolute atomic E-state index is 0.165. The van der Waals surface area contributed by atoms with E-state index in [0.29, 0.717) is 5.52 Å². The maximum absolute atomic E-state index is 10.6. The highest BCUT2D eigenvalue weighted by Crippen LogP contribution is 2.17. The molecule has 0 fully saturated rings. The van der Waals surface area contributed by atoms with Crippen molar-refractivity contribution in [2.24, 2.45) is 0 Å². The van der Waals surface area contributed by atoms with Gasteiger partial charge in [-0.3, -0.25) is 14.9 Å². The molecule has 0 spiro atoms. The number of nitro groups is 1. The van der Waals surface area contributed by atoms with Crippen molar-refractivity contribution in [3.05, 3.63) is 52.2 Å². The Bertz CT molecular complexity index is 554. The molecule has 1 aromatic carbocycles. The van der Waals surface area contributed by atoms with E-state index in [2.05, 4.69) is 4.98 Å². The normalized spacial score (nSPS) is 12.2. The third-order valence-corrected chi connectivity index (χ3v) is 2.28. The van der Waals surface area contributed by atoms with Crippen molar-refractivity contribution in [3.8, 4) is 0 Å². The maximum Gasteiger partial charge on any atom is 0.308 e. The fraction of sp³-hybridized carbons (Fsp3) is 0.0909. The molecular formula is C11H8N2O3. The first-order valence-corrected chi connectivity index (χ1v) is 4.67. The van der Waals surface area contributed by atoms with Crippen molar-refractivity contribution in [1.82, 2.24) is 4.98 Å². The number of para-hydroxylation sites is 1. The van der Waals surface area contributed by atoms with Crippen LogP contribution in [0.3, 0.4) is 0 Å². The van der Waals surface area contributed by atoms with Gasteiger partial charge < -0.3 is 0 Å². The third-order valence-electron chi connectivity index (χ3n) is 2.28. The van der Waals surface area contributed by atoms with E-state index in [1.807, 2.05) is 12.1 Å². The highest BCUT2D eigenvalue weighted by Gasteiger charge is 2.23. The van der Waals surface area contributed by atoms with Crippen LogP contribution in [-0.4, -0.2) is 16.2 Å². The Morgan fingerprint density at radius 1 is 1.25 bits per heavy atom. The summed E-state index contributed by atoms with van der Waals surface area (Å²) < 4.78 is 0. The predicted molar refractivity (Wildman–Crippen MR) is 57.5 cm³/mol. The number of hydrogen-bond acceptors (Lipinski definition) is 4. The molecule has 0 saturated carbocycles. The van der Waals surface area contributed by atoms with Crippen molar-refractivity contribution in [3.63, 3.8) is 0 Å². The average Bonchev–Trinajstić information content (AvgIpc) is 2.29. The van der Waals surface area contributed by atoms with Crippen molar-refractivity contribution in [2.75, 3.05) is 0 Å². The number of carbonyl (C=O) groups excluding carboxylic acids is 1. The fourth-order valence-corrected chi connectivity index (χ4v) is 1.47. The molecule has 1 atom stereocenters. The summed E-state index contributed by atoms with van der Waals surface area (Å²) in [6.07, 6.45) is 0.289. The second kappa shape index (κ2) is 4.06. The average molecular weight is 216 g/mol. The van der Waals surface area contributed by atoms with Crippen molar-refractivity contribution in [2.45, 2.75) is 6.04 Å². The summed E-state index contributed by atoms with van der Waals surface area (Å²) in [5, 5.41) is 11.5. The molecule has 80 valence electrons. The SMILES string of the molecule is O=CC(c1ccc2ccccc2n1)[N+](=O)[O-]. The first-order chi connectivity index (χ1) is 7.72. The van der Waals surface area contributed by atoms with Gasteiger partial charge in [-0.2, -0.15) is 0 Å². The van der Waals surface area contributed by atoms with Crippen molar-refractivity contribution >= 4 is 17.2 Å². The summed E-state index contributed by atoms with van der Waals surface area (Å²) in [7, 11) is 0. The van der Waals surface area contributed by atoms with E-state index in [4.69, 9.17) is 0 Å². The number of nitrogens with zero attached hydrogens (tertiary/aromatic N) is 2. The van der Waals surface area contributed by atoms with Crippen LogP contribution in [0.5, 0.6) is 0 Å². The molecule has 5 nitrogen and oxygen atoms in total. The number of rotatable bonds is 3. The minimum Gasteiger partial charge on any atom is -0.295 e. The van der Waals surface area contributed by atoms with Gasteiger partial charge in [-0.05, 0) is 12.1 Å². The highest BCUT2D eigenvalue weighted by atomic mass is 16.6. The summed E-state index contributed by atoms with van der Waals surface area (Å²) >= 11 is 0. The van der Waals surface area contributed by atoms with Crippen LogP contribution in [0.1, 0.15) is 11.7 Å². The molecule has 0 amide bonds. The van der Waals surface area contributed by atoms with E-state index in [9.17, 15) is 14.9 Å². The van der Waals surface area contributed by atoms with E-state index in [-0.39, 0.29) is 12.0 Å². The van der Waals surface area contributed by atoms with Crippen LogP contribution >= 0.6 is 0 Å². The van der Waals surface area contributed by atoms with Gasteiger partial charge in [-0.25, -0.2) is 4.98 Å². The third kappa shape index (κ3) is 1.75. The zero-order valence-electron chi connectivity index (χ0n) is 8.24. The Hall–Kier alpha value is -2.30. The smallest absolute Gasteiger partial charge is 0.295 e. The van der Waals surface area contributed by atoms with Gasteiger partial charge in [0.05, 0.1) is 5.52 Å². The highest BCUT2D eigenvalue weighted by molar-refractivity contribution is 5.79. The number of hydrogen-bond donors (Lipinski definition) is 0. The largest absolute Gasteiger partial charge is 0.308 e. The Labute approximate surface area is 90.9 Å². The number of aromatic nitrogens is 1. The Kier molecular flexibility index (Phi) is 2.59. The van der Waals surface area contributed by atoms with Crippen LogP contribution in [0.25, 0.3) is 10.9 Å². The number of carbonyl (C=O) groups is 1. The lowest BCUT2D eigenvalue weighted by Crippen LogP contribution is -2.13. The first-order valence-electron chi connectivity index (χ1n) is 4.67. The molecule has 1 heterocycles. The van der Waals surface area contributed by atoms with E-state index in [1.54, 1.807) is 18.2 Å². The van der Waals surface area contributed by atoms with Gasteiger partial charge in [-0.1, -0.05) is 24.3 Å². The summed E-state index contributed by atoms with van der Waals surface area (Å²) in [4.78, 5) is 24.6. The lowest BCUT2D eigenvalue weighted by molar-refractivity contribution is -0.511. The molecule has 0 radical (unpaired) electrons. The minimum atomic E-state index is -1.38. The van der Waals surface area contributed by atoms with Gasteiger partial charge in [0.25, 0.3) is 0 Å². The molecule has 16 heavy (non-hydrogen) atoms. The van der Waals surface area contributed by atoms with E-state index >= 15 is 0 Å². The first kappa shape index (κ1) is 10.2. The van der Waals surface area contributed by atoms with Gasteiger partial charge >= 0.3 is 6.04 Å². The van der Waals surface area contributed by atoms with Crippen LogP contribution < -0.4 is 0 Å². The Morgan fingerprint density at radius 2 is 2.00 bits per heavy atom. The molecule has 1 unspecified atom stereocenters. The Morgan fingerprint density at radius 3 is 2.69 bits per heavy atom. The molecule has 0 N–H and O–H groups in total. The molecule has 0 aliphatic rings. The zero-order valence-corrected chi connectivity index (χ0v) is 8.24. The number of pyridine rings is 1. The number of benzene rings is 1. The van der Waals surface area contributed by atoms with Crippen LogP contribution in [0.4, 0.5) is 0 Å². The molecule has 0 saturated heterocycles. The van der Waals surface area contributed by atoms with E-state index < -0.39 is 11.0 Å². The second-order valence-corrected chi connectivity index (χ2v) is 3.30. The summed E-state index contributed by atoms with van der Waals surface area (Å²) in [5.41, 5.74) is 0.812. The lowest BCUT2D eigenvalue weighted by atomic mass is 10.1. The van der Waals surface area contributed by atoms with E-state index in [1.165, 1.54) is 6.07 Å². The molecule has 0 aliphatic heterocycles. The molecule has 0 aliphatic carbocycles. The van der Waals surface area contributed by atoms with Crippen LogP contribution in [-0.2, 0) is 4.79 Å². The topological polar surface area (TPSA) is 73.1 Å². The predicted octanol–water partition coefficient (Wildman–Crippen LogP) is 1.75. The second-order valence-electron chi connectivity index (χ2n) is 3.30. The standard InChI is InChI=1S/C11H8N2O3/c14-7-11(13(15)16)10-6-5-8-3-1-2-4-9(8)12-10/h1-7,11H. The van der Waals surface area contributed by atoms with E-state index in [0.717, 1.165) is 5.39 Å². The molecule has 2 rings (SSSR count). The quantitative estimate of drug-likeness (QED) is 0.445. The fourth-order valence-electron chi connectivity index (χ4n) is 1.47. The van der Waals surface area contributed by atoms with Gasteiger partial charge in [0.1, 0.15) is 5.69 Å². The van der Waals surface area contributed by atoms with Gasteiger partial charge in [0.15, 0.2) is 6.29 Å². The van der Waals surface area contributed by atoms with Crippen molar-refractivity contribution < 1.29 is 9.72 Å². The van der Waals surface area contributed by atoms with Crippen molar-refractivity contribution in [1.29, 1.82) is 0 Å². The maximum atomic E-state index is 10.6. The van der Waals surface area contributed by atoms with Gasteiger partial charge in [-0.15, -0.1) is 0 Å². The lowest BCUT2D eigenvalue weighted by Gasteiger charge is -2.03. The molecule has 5 heteroatoms. The van der Waals surface area contributed by atoms with Crippen LogP contribution in [0.2, 0.25) is 0 Å². The van der Waals surface area contributed by atoms with Gasteiger partial charge in [0.2, 0.25) is 0 Å². The molecule has 0 bridgehead atoms. The van der Waals surface area contributed by atoms with Gasteiger partial charge in [0, 0.05) is 10.3 Å². The number of aldehydes is 1. The molecule has 2 aromatic rings. The van der Waals surface area contributed by atoms with Crippen LogP contribution in [0.15, 0.2) is 36.4 Å². The number of fused-ring (bicyclic) bond motifs is 1. The monoisotopic (exact) mass is 216 g/mol.